The molecule has 0 aliphatic rings. The van der Waals surface area contributed by atoms with Gasteiger partial charge in [0, 0.05) is 25.0 Å². The summed E-state index contributed by atoms with van der Waals surface area (Å²) in [6, 6.07) is 22.0. The molecule has 0 N–H and O–H groups in total. The average Bonchev–Trinajstić information content (AvgIpc) is 3.21. The van der Waals surface area contributed by atoms with Crippen molar-refractivity contribution in [2.45, 2.75) is 29.7 Å². The molecule has 160 valence electrons. The second kappa shape index (κ2) is 9.21. The molecule has 0 saturated carbocycles. The lowest BCUT2D eigenvalue weighted by Gasteiger charge is -2.18. The van der Waals surface area contributed by atoms with Gasteiger partial charge in [0.25, 0.3) is 0 Å². The second-order valence-corrected chi connectivity index (χ2v) is 9.90. The Kier molecular flexibility index (Phi) is 6.41. The van der Waals surface area contributed by atoms with Crippen molar-refractivity contribution in [1.82, 2.24) is 18.9 Å². The normalized spacial score (nSPS) is 12.0. The zero-order valence-corrected chi connectivity index (χ0v) is 19.1. The SMILES string of the molecule is CCN(CC)S(=O)(=O)c1ccc2nnc(SCc3ccc(-c4ccccc4)cc3)n2c1. The summed E-state index contributed by atoms with van der Waals surface area (Å²) < 4.78 is 28.9. The maximum atomic E-state index is 12.9. The summed E-state index contributed by atoms with van der Waals surface area (Å²) >= 11 is 1.53. The van der Waals surface area contributed by atoms with Gasteiger partial charge in [-0.25, -0.2) is 8.42 Å². The van der Waals surface area contributed by atoms with E-state index in [0.717, 1.165) is 5.56 Å². The van der Waals surface area contributed by atoms with E-state index >= 15 is 0 Å². The van der Waals surface area contributed by atoms with Gasteiger partial charge in [-0.1, -0.05) is 80.2 Å². The fraction of sp³-hybridized carbons (Fsp3) is 0.217. The van der Waals surface area contributed by atoms with Crippen LogP contribution < -0.4 is 0 Å². The summed E-state index contributed by atoms with van der Waals surface area (Å²) in [4.78, 5) is 0.248. The van der Waals surface area contributed by atoms with E-state index in [9.17, 15) is 8.42 Å². The Bertz CT molecular complexity index is 1270. The monoisotopic (exact) mass is 452 g/mol. The molecule has 0 fully saturated rings. The number of pyridine rings is 1. The summed E-state index contributed by atoms with van der Waals surface area (Å²) in [7, 11) is -3.54. The number of nitrogens with zero attached hydrogens (tertiary/aromatic N) is 4. The number of hydrogen-bond acceptors (Lipinski definition) is 5. The van der Waals surface area contributed by atoms with Crippen molar-refractivity contribution in [1.29, 1.82) is 0 Å². The predicted octanol–water partition coefficient (Wildman–Crippen LogP) is 4.72. The van der Waals surface area contributed by atoms with Gasteiger partial charge in [-0.15, -0.1) is 10.2 Å². The minimum absolute atomic E-state index is 0.248. The highest BCUT2D eigenvalue weighted by Crippen LogP contribution is 2.26. The number of rotatable bonds is 8. The lowest BCUT2D eigenvalue weighted by atomic mass is 10.0. The molecule has 4 aromatic rings. The zero-order chi connectivity index (χ0) is 21.8. The minimum atomic E-state index is -3.54. The first-order valence-corrected chi connectivity index (χ1v) is 12.6. The quantitative estimate of drug-likeness (QED) is 0.362. The van der Waals surface area contributed by atoms with Gasteiger partial charge in [0.1, 0.15) is 0 Å². The lowest BCUT2D eigenvalue weighted by molar-refractivity contribution is 0.445. The average molecular weight is 453 g/mol. The molecule has 0 unspecified atom stereocenters. The minimum Gasteiger partial charge on any atom is -0.276 e. The Morgan fingerprint density at radius 2 is 1.55 bits per heavy atom. The summed E-state index contributed by atoms with van der Waals surface area (Å²) in [6.45, 7) is 4.53. The van der Waals surface area contributed by atoms with Crippen molar-refractivity contribution >= 4 is 27.4 Å². The molecule has 4 rings (SSSR count). The van der Waals surface area contributed by atoms with E-state index in [1.165, 1.54) is 27.2 Å². The van der Waals surface area contributed by atoms with Gasteiger partial charge in [0.2, 0.25) is 10.0 Å². The van der Waals surface area contributed by atoms with Crippen LogP contribution in [0.1, 0.15) is 19.4 Å². The first-order valence-electron chi connectivity index (χ1n) is 10.1. The maximum Gasteiger partial charge on any atom is 0.244 e. The molecule has 0 amide bonds. The number of fused-ring (bicyclic) bond motifs is 1. The highest BCUT2D eigenvalue weighted by molar-refractivity contribution is 7.98. The zero-order valence-electron chi connectivity index (χ0n) is 17.5. The van der Waals surface area contributed by atoms with Crippen LogP contribution in [0.25, 0.3) is 16.8 Å². The van der Waals surface area contributed by atoms with Gasteiger partial charge < -0.3 is 0 Å². The Balaban J connectivity index is 1.54. The van der Waals surface area contributed by atoms with Crippen LogP contribution in [0.2, 0.25) is 0 Å². The van der Waals surface area contributed by atoms with Gasteiger partial charge in [-0.2, -0.15) is 4.31 Å². The van der Waals surface area contributed by atoms with Gasteiger partial charge in [-0.3, -0.25) is 4.40 Å². The van der Waals surface area contributed by atoms with Crippen molar-refractivity contribution in [3.8, 4) is 11.1 Å². The van der Waals surface area contributed by atoms with E-state index in [1.54, 1.807) is 22.7 Å². The van der Waals surface area contributed by atoms with E-state index in [1.807, 2.05) is 32.0 Å². The smallest absolute Gasteiger partial charge is 0.244 e. The van der Waals surface area contributed by atoms with Gasteiger partial charge in [0.05, 0.1) is 4.90 Å². The Labute approximate surface area is 187 Å². The molecule has 0 radical (unpaired) electrons. The van der Waals surface area contributed by atoms with E-state index in [-0.39, 0.29) is 4.90 Å². The van der Waals surface area contributed by atoms with Crippen LogP contribution in [0.5, 0.6) is 0 Å². The molecule has 0 saturated heterocycles. The third kappa shape index (κ3) is 4.51. The van der Waals surface area contributed by atoms with E-state index in [2.05, 4.69) is 46.6 Å². The van der Waals surface area contributed by atoms with Crippen molar-refractivity contribution in [3.63, 3.8) is 0 Å². The van der Waals surface area contributed by atoms with Crippen LogP contribution in [0.4, 0.5) is 0 Å². The fourth-order valence-electron chi connectivity index (χ4n) is 3.39. The predicted molar refractivity (Wildman–Crippen MR) is 125 cm³/mol. The number of thioether (sulfide) groups is 1. The molecular formula is C23H24N4O2S2. The fourth-order valence-corrected chi connectivity index (χ4v) is 5.71. The Hall–Kier alpha value is -2.68. The van der Waals surface area contributed by atoms with E-state index in [0.29, 0.717) is 29.6 Å². The van der Waals surface area contributed by atoms with Gasteiger partial charge in [-0.05, 0) is 28.8 Å². The molecule has 0 bridgehead atoms. The van der Waals surface area contributed by atoms with Crippen LogP contribution in [-0.2, 0) is 15.8 Å². The molecule has 0 aliphatic heterocycles. The Morgan fingerprint density at radius 3 is 2.23 bits per heavy atom. The lowest BCUT2D eigenvalue weighted by Crippen LogP contribution is -2.30. The number of hydrogen-bond donors (Lipinski definition) is 0. The van der Waals surface area contributed by atoms with Crippen LogP contribution in [0.15, 0.2) is 83.0 Å². The number of sulfonamides is 1. The molecule has 2 heterocycles. The summed E-state index contributed by atoms with van der Waals surface area (Å²) in [5, 5.41) is 9.09. The Morgan fingerprint density at radius 1 is 0.871 bits per heavy atom. The molecule has 2 aromatic heterocycles. The van der Waals surface area contributed by atoms with Crippen molar-refractivity contribution in [3.05, 3.63) is 78.5 Å². The maximum absolute atomic E-state index is 12.9. The standard InChI is InChI=1S/C23H24N4O2S2/c1-3-26(4-2)31(28,29)21-14-15-22-24-25-23(27(22)16-21)30-17-18-10-12-20(13-11-18)19-8-6-5-7-9-19/h5-16H,3-4,17H2,1-2H3. The largest absolute Gasteiger partial charge is 0.276 e. The number of aromatic nitrogens is 3. The van der Waals surface area contributed by atoms with Crippen LogP contribution in [0.3, 0.4) is 0 Å². The highest BCUT2D eigenvalue weighted by atomic mass is 32.2. The summed E-state index contributed by atoms with van der Waals surface area (Å²) in [6.07, 6.45) is 1.61. The molecule has 0 atom stereocenters. The topological polar surface area (TPSA) is 67.6 Å². The van der Waals surface area contributed by atoms with Crippen LogP contribution in [0, 0.1) is 0 Å². The van der Waals surface area contributed by atoms with Crippen LogP contribution in [-0.4, -0.2) is 40.4 Å². The molecular weight excluding hydrogens is 428 g/mol. The molecule has 2 aromatic carbocycles. The summed E-state index contributed by atoms with van der Waals surface area (Å²) in [5.41, 5.74) is 4.15. The van der Waals surface area contributed by atoms with E-state index in [4.69, 9.17) is 0 Å². The van der Waals surface area contributed by atoms with E-state index < -0.39 is 10.0 Å². The molecule has 0 spiro atoms. The van der Waals surface area contributed by atoms with Crippen molar-refractivity contribution in [2.24, 2.45) is 0 Å². The molecule has 31 heavy (non-hydrogen) atoms. The summed E-state index contributed by atoms with van der Waals surface area (Å²) in [5.74, 6) is 0.711. The second-order valence-electron chi connectivity index (χ2n) is 7.02. The van der Waals surface area contributed by atoms with Gasteiger partial charge in [0.15, 0.2) is 10.8 Å². The van der Waals surface area contributed by atoms with Crippen molar-refractivity contribution < 1.29 is 8.42 Å². The number of benzene rings is 2. The first-order chi connectivity index (χ1) is 15.0. The highest BCUT2D eigenvalue weighted by Gasteiger charge is 2.22. The van der Waals surface area contributed by atoms with Crippen LogP contribution >= 0.6 is 11.8 Å². The third-order valence-corrected chi connectivity index (χ3v) is 8.16. The van der Waals surface area contributed by atoms with Crippen molar-refractivity contribution in [2.75, 3.05) is 13.1 Å². The molecule has 0 aliphatic carbocycles. The molecule has 6 nitrogen and oxygen atoms in total. The third-order valence-electron chi connectivity index (χ3n) is 5.12. The first kappa shape index (κ1) is 21.5. The van der Waals surface area contributed by atoms with Gasteiger partial charge >= 0.3 is 0 Å². The molecule has 8 heteroatoms.